The molecular formula is C16H17NO. The van der Waals surface area contributed by atoms with Crippen LogP contribution in [0.4, 0.5) is 0 Å². The van der Waals surface area contributed by atoms with Crippen molar-refractivity contribution in [2.45, 2.75) is 19.4 Å². The van der Waals surface area contributed by atoms with E-state index in [1.54, 1.807) is 16.7 Å². The van der Waals surface area contributed by atoms with Crippen LogP contribution in [-0.2, 0) is 13.0 Å². The Kier molecular flexibility index (Phi) is 4.53. The van der Waals surface area contributed by atoms with Gasteiger partial charge in [-0.05, 0) is 24.5 Å². The molecule has 0 fully saturated rings. The number of hydrogen-bond acceptors (Lipinski definition) is 1. The summed E-state index contributed by atoms with van der Waals surface area (Å²) in [5.41, 5.74) is 1.39. The fourth-order valence-electron chi connectivity index (χ4n) is 1.81. The van der Waals surface area contributed by atoms with Gasteiger partial charge in [0.05, 0.1) is 0 Å². The molecule has 2 nitrogen and oxygen atoms in total. The summed E-state index contributed by atoms with van der Waals surface area (Å²) in [6.45, 7) is 0.647. The lowest BCUT2D eigenvalue weighted by molar-refractivity contribution is 0.775. The van der Waals surface area contributed by atoms with Crippen LogP contribution in [0.25, 0.3) is 0 Å². The average molecular weight is 239 g/mol. The molecule has 18 heavy (non-hydrogen) atoms. The maximum Gasteiger partial charge on any atom is 0.250 e. The van der Waals surface area contributed by atoms with Gasteiger partial charge in [0, 0.05) is 18.8 Å². The van der Waals surface area contributed by atoms with Crippen molar-refractivity contribution in [3.8, 4) is 0 Å². The minimum atomic E-state index is 0.0465. The van der Waals surface area contributed by atoms with E-state index in [0.29, 0.717) is 6.54 Å². The summed E-state index contributed by atoms with van der Waals surface area (Å²) < 4.78 is 1.69. The summed E-state index contributed by atoms with van der Waals surface area (Å²) in [6.07, 6.45) is 8.03. The predicted octanol–water partition coefficient (Wildman–Crippen LogP) is 3.04. The summed E-state index contributed by atoms with van der Waals surface area (Å²) in [7, 11) is 0. The van der Waals surface area contributed by atoms with E-state index in [1.165, 1.54) is 5.56 Å². The molecule has 2 rings (SSSR count). The molecule has 2 heteroatoms. The predicted molar refractivity (Wildman–Crippen MR) is 74.6 cm³/mol. The molecular weight excluding hydrogens is 222 g/mol. The molecule has 2 aromatic rings. The van der Waals surface area contributed by atoms with Crippen LogP contribution < -0.4 is 5.56 Å². The van der Waals surface area contributed by atoms with Gasteiger partial charge in [-0.25, -0.2) is 0 Å². The van der Waals surface area contributed by atoms with Gasteiger partial charge in [-0.15, -0.1) is 0 Å². The number of aromatic nitrogens is 1. The molecule has 1 aromatic heterocycles. The monoisotopic (exact) mass is 239 g/mol. The second kappa shape index (κ2) is 6.60. The third-order valence-corrected chi connectivity index (χ3v) is 2.81. The topological polar surface area (TPSA) is 22.0 Å². The number of hydrogen-bond donors (Lipinski definition) is 0. The maximum atomic E-state index is 11.4. The van der Waals surface area contributed by atoms with E-state index in [0.717, 1.165) is 12.8 Å². The van der Waals surface area contributed by atoms with E-state index in [9.17, 15) is 4.79 Å². The molecule has 0 radical (unpaired) electrons. The third-order valence-electron chi connectivity index (χ3n) is 2.81. The molecule has 0 saturated heterocycles. The summed E-state index contributed by atoms with van der Waals surface area (Å²) >= 11 is 0. The van der Waals surface area contributed by atoms with E-state index in [2.05, 4.69) is 30.3 Å². The van der Waals surface area contributed by atoms with Gasteiger partial charge in [0.2, 0.25) is 0 Å². The third kappa shape index (κ3) is 3.74. The molecule has 0 aliphatic carbocycles. The van der Waals surface area contributed by atoms with Gasteiger partial charge in [0.25, 0.3) is 5.56 Å². The number of rotatable bonds is 5. The molecule has 1 heterocycles. The molecule has 0 saturated carbocycles. The van der Waals surface area contributed by atoms with Gasteiger partial charge >= 0.3 is 0 Å². The summed E-state index contributed by atoms with van der Waals surface area (Å²) in [5.74, 6) is 0. The Labute approximate surface area is 107 Å². The van der Waals surface area contributed by atoms with Crippen molar-refractivity contribution in [3.63, 3.8) is 0 Å². The zero-order valence-electron chi connectivity index (χ0n) is 10.3. The highest BCUT2D eigenvalue weighted by Gasteiger charge is 1.90. The molecule has 0 atom stereocenters. The first-order valence-electron chi connectivity index (χ1n) is 6.20. The first kappa shape index (κ1) is 12.4. The quantitative estimate of drug-likeness (QED) is 0.735. The van der Waals surface area contributed by atoms with Gasteiger partial charge in [0.15, 0.2) is 0 Å². The standard InChI is InChI=1S/C16H17NO/c18-16-12-6-8-14-17(16)13-7-2-5-11-15-9-3-1-4-10-15/h1-4,6-10,12,14H,5,11,13H2/b7-2-. The Morgan fingerprint density at radius 3 is 2.50 bits per heavy atom. The molecule has 0 aliphatic heterocycles. The highest BCUT2D eigenvalue weighted by molar-refractivity contribution is 5.15. The zero-order valence-corrected chi connectivity index (χ0v) is 10.3. The van der Waals surface area contributed by atoms with Crippen molar-refractivity contribution in [1.82, 2.24) is 4.57 Å². The normalized spacial score (nSPS) is 10.9. The van der Waals surface area contributed by atoms with E-state index >= 15 is 0 Å². The first-order valence-corrected chi connectivity index (χ1v) is 6.20. The van der Waals surface area contributed by atoms with E-state index < -0.39 is 0 Å². The number of pyridine rings is 1. The lowest BCUT2D eigenvalue weighted by Crippen LogP contribution is -2.16. The van der Waals surface area contributed by atoms with Crippen LogP contribution in [0.1, 0.15) is 12.0 Å². The lowest BCUT2D eigenvalue weighted by Gasteiger charge is -2.00. The van der Waals surface area contributed by atoms with Gasteiger partial charge in [-0.3, -0.25) is 4.79 Å². The van der Waals surface area contributed by atoms with Gasteiger partial charge < -0.3 is 4.57 Å². The molecule has 0 unspecified atom stereocenters. The summed E-state index contributed by atoms with van der Waals surface area (Å²) in [5, 5.41) is 0. The minimum Gasteiger partial charge on any atom is -0.312 e. The second-order valence-corrected chi connectivity index (χ2v) is 4.19. The van der Waals surface area contributed by atoms with Gasteiger partial charge in [0.1, 0.15) is 0 Å². The van der Waals surface area contributed by atoms with Crippen LogP contribution in [0.15, 0.2) is 71.7 Å². The fraction of sp³-hybridized carbons (Fsp3) is 0.188. The SMILES string of the molecule is O=c1ccccn1C/C=C\CCc1ccccc1. The van der Waals surface area contributed by atoms with Crippen molar-refractivity contribution < 1.29 is 0 Å². The summed E-state index contributed by atoms with van der Waals surface area (Å²) in [6, 6.07) is 15.6. The van der Waals surface area contributed by atoms with Crippen LogP contribution >= 0.6 is 0 Å². The molecule has 0 spiro atoms. The van der Waals surface area contributed by atoms with Gasteiger partial charge in [-0.2, -0.15) is 0 Å². The first-order chi connectivity index (χ1) is 8.86. The van der Waals surface area contributed by atoms with Gasteiger partial charge in [-0.1, -0.05) is 48.6 Å². The minimum absolute atomic E-state index is 0.0465. The van der Waals surface area contributed by atoms with E-state index in [4.69, 9.17) is 0 Å². The zero-order chi connectivity index (χ0) is 12.6. The maximum absolute atomic E-state index is 11.4. The Morgan fingerprint density at radius 1 is 0.944 bits per heavy atom. The van der Waals surface area contributed by atoms with Crippen LogP contribution in [0.5, 0.6) is 0 Å². The molecule has 0 bridgehead atoms. The summed E-state index contributed by atoms with van der Waals surface area (Å²) in [4.78, 5) is 11.4. The van der Waals surface area contributed by atoms with Crippen molar-refractivity contribution in [2.24, 2.45) is 0 Å². The van der Waals surface area contributed by atoms with E-state index in [-0.39, 0.29) is 5.56 Å². The number of nitrogens with zero attached hydrogens (tertiary/aromatic N) is 1. The average Bonchev–Trinajstić information content (AvgIpc) is 2.42. The van der Waals surface area contributed by atoms with Crippen molar-refractivity contribution in [3.05, 3.63) is 82.8 Å². The largest absolute Gasteiger partial charge is 0.312 e. The van der Waals surface area contributed by atoms with Crippen LogP contribution in [-0.4, -0.2) is 4.57 Å². The molecule has 0 amide bonds. The number of allylic oxidation sites excluding steroid dienone is 2. The molecule has 0 aliphatic rings. The number of aryl methyl sites for hydroxylation is 1. The molecule has 92 valence electrons. The Hall–Kier alpha value is -2.09. The highest BCUT2D eigenvalue weighted by Crippen LogP contribution is 2.02. The Balaban J connectivity index is 1.79. The Bertz CT molecular complexity index is 555. The lowest BCUT2D eigenvalue weighted by atomic mass is 10.1. The molecule has 0 N–H and O–H groups in total. The van der Waals surface area contributed by atoms with Crippen LogP contribution in [0, 0.1) is 0 Å². The van der Waals surface area contributed by atoms with Crippen molar-refractivity contribution in [2.75, 3.05) is 0 Å². The van der Waals surface area contributed by atoms with Crippen LogP contribution in [0.2, 0.25) is 0 Å². The van der Waals surface area contributed by atoms with Crippen LogP contribution in [0.3, 0.4) is 0 Å². The van der Waals surface area contributed by atoms with E-state index in [1.807, 2.05) is 24.4 Å². The number of benzene rings is 1. The fourth-order valence-corrected chi connectivity index (χ4v) is 1.81. The smallest absolute Gasteiger partial charge is 0.250 e. The van der Waals surface area contributed by atoms with Crippen molar-refractivity contribution >= 4 is 0 Å². The van der Waals surface area contributed by atoms with Crippen molar-refractivity contribution in [1.29, 1.82) is 0 Å². The Morgan fingerprint density at radius 2 is 1.72 bits per heavy atom. The second-order valence-electron chi connectivity index (χ2n) is 4.19. The molecule has 1 aromatic carbocycles. The highest BCUT2D eigenvalue weighted by atomic mass is 16.1.